The maximum absolute atomic E-state index is 11.9. The van der Waals surface area contributed by atoms with Crippen LogP contribution in [0.3, 0.4) is 0 Å². The third-order valence-corrected chi connectivity index (χ3v) is 8.30. The van der Waals surface area contributed by atoms with Crippen molar-refractivity contribution in [3.05, 3.63) is 24.0 Å². The summed E-state index contributed by atoms with van der Waals surface area (Å²) in [6.07, 6.45) is 4.55. The van der Waals surface area contributed by atoms with Gasteiger partial charge in [0.15, 0.2) is 0 Å². The van der Waals surface area contributed by atoms with E-state index in [0.717, 1.165) is 86.2 Å². The summed E-state index contributed by atoms with van der Waals surface area (Å²) >= 11 is 0. The van der Waals surface area contributed by atoms with Gasteiger partial charge in [-0.1, -0.05) is 41.0 Å². The van der Waals surface area contributed by atoms with Crippen LogP contribution >= 0.6 is 0 Å². The van der Waals surface area contributed by atoms with Crippen molar-refractivity contribution < 1.29 is 9.53 Å². The largest absolute Gasteiger partial charge is 0.382 e. The van der Waals surface area contributed by atoms with E-state index in [1.165, 1.54) is 5.69 Å². The Kier molecular flexibility index (Phi) is 9.56. The number of nitrogen functional groups attached to an aromatic ring is 1. The molecule has 40 heavy (non-hydrogen) atoms. The van der Waals surface area contributed by atoms with Crippen LogP contribution < -0.4 is 16.0 Å². The normalized spacial score (nSPS) is 16.5. The van der Waals surface area contributed by atoms with Gasteiger partial charge in [0.25, 0.3) is 0 Å². The number of pyridine rings is 1. The highest BCUT2D eigenvalue weighted by atomic mass is 16.5. The Morgan fingerprint density at radius 2 is 1.88 bits per heavy atom. The summed E-state index contributed by atoms with van der Waals surface area (Å²) in [5.41, 5.74) is 10.0. The predicted octanol–water partition coefficient (Wildman–Crippen LogP) is 4.75. The number of ether oxygens (including phenoxy) is 1. The first-order valence-electron chi connectivity index (χ1n) is 14.9. The second kappa shape index (κ2) is 12.7. The van der Waals surface area contributed by atoms with Gasteiger partial charge in [-0.25, -0.2) is 9.97 Å². The highest BCUT2D eigenvalue weighted by Gasteiger charge is 2.29. The third-order valence-electron chi connectivity index (χ3n) is 8.30. The van der Waals surface area contributed by atoms with Crippen LogP contribution in [0.5, 0.6) is 0 Å². The highest BCUT2D eigenvalue weighted by Crippen LogP contribution is 2.31. The van der Waals surface area contributed by atoms with Gasteiger partial charge in [-0.2, -0.15) is 0 Å². The summed E-state index contributed by atoms with van der Waals surface area (Å²) < 4.78 is 6.20. The molecule has 0 saturated carbocycles. The lowest BCUT2D eigenvalue weighted by Crippen LogP contribution is -2.49. The average molecular weight is 552 g/mol. The molecule has 4 rings (SSSR count). The fourth-order valence-corrected chi connectivity index (χ4v) is 5.60. The number of carbonyl (C=O) groups excluding carboxylic acids is 1. The topological polar surface area (TPSA) is 112 Å². The molecule has 0 spiro atoms. The van der Waals surface area contributed by atoms with Gasteiger partial charge >= 0.3 is 0 Å². The Morgan fingerprint density at radius 1 is 1.12 bits per heavy atom. The molecule has 3 aromatic rings. The smallest absolute Gasteiger partial charge is 0.220 e. The van der Waals surface area contributed by atoms with E-state index >= 15 is 0 Å². The molecule has 1 amide bonds. The van der Waals surface area contributed by atoms with E-state index in [4.69, 9.17) is 15.5 Å². The van der Waals surface area contributed by atoms with Crippen molar-refractivity contribution in [1.29, 1.82) is 0 Å². The lowest BCUT2D eigenvalue weighted by molar-refractivity contribution is -0.124. The van der Waals surface area contributed by atoms with Crippen molar-refractivity contribution in [1.82, 2.24) is 25.2 Å². The number of carbonyl (C=O) groups is 1. The maximum atomic E-state index is 11.9. The number of aromatic nitrogens is 3. The number of anilines is 2. The van der Waals surface area contributed by atoms with E-state index in [1.807, 2.05) is 0 Å². The van der Waals surface area contributed by atoms with Crippen LogP contribution in [0.15, 0.2) is 18.2 Å². The van der Waals surface area contributed by atoms with Gasteiger partial charge in [-0.05, 0) is 36.5 Å². The second-order valence-electron chi connectivity index (χ2n) is 12.6. The van der Waals surface area contributed by atoms with Crippen LogP contribution in [-0.2, 0) is 16.0 Å². The lowest BCUT2D eigenvalue weighted by atomic mass is 9.84. The van der Waals surface area contributed by atoms with Gasteiger partial charge in [-0.15, -0.1) is 0 Å². The van der Waals surface area contributed by atoms with E-state index in [9.17, 15) is 4.79 Å². The van der Waals surface area contributed by atoms with E-state index in [-0.39, 0.29) is 16.7 Å². The van der Waals surface area contributed by atoms with Gasteiger partial charge in [0, 0.05) is 69.1 Å². The molecule has 1 aliphatic heterocycles. The SMILES string of the molecule is CCCCc1nc2c([nH]1)c(N)nc1ccc(N3CCN(CC(C)(C)COCC(C)(CC)CC(=O)NC)CC3)cc12. The summed E-state index contributed by atoms with van der Waals surface area (Å²) in [4.78, 5) is 29.9. The van der Waals surface area contributed by atoms with Crippen molar-refractivity contribution in [2.24, 2.45) is 10.8 Å². The first kappa shape index (κ1) is 30.1. The number of nitrogens with one attached hydrogen (secondary N) is 2. The number of H-pyrrole nitrogens is 1. The molecule has 4 N–H and O–H groups in total. The number of rotatable bonds is 13. The summed E-state index contributed by atoms with van der Waals surface area (Å²) in [5.74, 6) is 1.56. The summed E-state index contributed by atoms with van der Waals surface area (Å²) in [5, 5.41) is 3.79. The van der Waals surface area contributed by atoms with Crippen LogP contribution in [-0.4, -0.2) is 78.7 Å². The summed E-state index contributed by atoms with van der Waals surface area (Å²) in [7, 11) is 1.69. The Hall–Kier alpha value is -2.91. The van der Waals surface area contributed by atoms with E-state index < -0.39 is 0 Å². The van der Waals surface area contributed by atoms with E-state index in [0.29, 0.717) is 25.5 Å². The van der Waals surface area contributed by atoms with Crippen LogP contribution in [0.25, 0.3) is 21.9 Å². The minimum absolute atomic E-state index is 0.0272. The van der Waals surface area contributed by atoms with Gasteiger partial charge in [0.2, 0.25) is 5.91 Å². The Bertz CT molecular complexity index is 1300. The Balaban J connectivity index is 1.35. The number of nitrogens with zero attached hydrogens (tertiary/aromatic N) is 4. The fraction of sp³-hybridized carbons (Fsp3) is 0.645. The zero-order chi connectivity index (χ0) is 28.9. The molecule has 9 heteroatoms. The fourth-order valence-electron chi connectivity index (χ4n) is 5.60. The Labute approximate surface area is 239 Å². The quantitative estimate of drug-likeness (QED) is 0.281. The number of amides is 1. The standard InChI is InChI=1S/C31H49N7O2/c1-7-9-10-25-35-27-23-17-22(11-12-24(23)34-29(32)28(27)36-25)38-15-13-37(14-16-38)19-30(3,4)20-40-21-31(5,8-2)18-26(39)33-6/h11-12,17H,7-10,13-16,18-21H2,1-6H3,(H2,32,34)(H,33,39)(H,35,36). The van der Waals surface area contributed by atoms with Crippen molar-refractivity contribution in [3.63, 3.8) is 0 Å². The maximum Gasteiger partial charge on any atom is 0.220 e. The van der Waals surface area contributed by atoms with Gasteiger partial charge in [0.1, 0.15) is 22.7 Å². The van der Waals surface area contributed by atoms with Crippen LogP contribution in [0.1, 0.15) is 66.1 Å². The second-order valence-corrected chi connectivity index (χ2v) is 12.6. The molecule has 3 heterocycles. The molecular formula is C31H49N7O2. The highest BCUT2D eigenvalue weighted by molar-refractivity contribution is 6.07. The molecule has 0 bridgehead atoms. The number of aryl methyl sites for hydroxylation is 1. The minimum atomic E-state index is -0.137. The van der Waals surface area contributed by atoms with Gasteiger partial charge in [0.05, 0.1) is 18.7 Å². The number of unbranched alkanes of at least 4 members (excludes halogenated alkanes) is 1. The number of aromatic amines is 1. The first-order chi connectivity index (χ1) is 19.1. The van der Waals surface area contributed by atoms with Crippen molar-refractivity contribution in [2.75, 3.05) is 63.6 Å². The number of nitrogens with two attached hydrogens (primary N) is 1. The number of piperazine rings is 1. The summed E-state index contributed by atoms with van der Waals surface area (Å²) in [6.45, 7) is 17.2. The van der Waals surface area contributed by atoms with Gasteiger partial charge < -0.3 is 25.7 Å². The number of imidazole rings is 1. The molecule has 2 aromatic heterocycles. The first-order valence-corrected chi connectivity index (χ1v) is 14.9. The molecule has 1 saturated heterocycles. The van der Waals surface area contributed by atoms with Crippen molar-refractivity contribution >= 4 is 39.3 Å². The molecule has 9 nitrogen and oxygen atoms in total. The minimum Gasteiger partial charge on any atom is -0.382 e. The van der Waals surface area contributed by atoms with Crippen molar-refractivity contribution in [3.8, 4) is 0 Å². The zero-order valence-corrected chi connectivity index (χ0v) is 25.4. The molecule has 0 aliphatic carbocycles. The molecule has 1 fully saturated rings. The molecular weight excluding hydrogens is 502 g/mol. The monoisotopic (exact) mass is 551 g/mol. The number of hydrogen-bond acceptors (Lipinski definition) is 7. The number of fused-ring (bicyclic) bond motifs is 3. The third kappa shape index (κ3) is 7.23. The molecule has 1 aromatic carbocycles. The number of hydrogen-bond donors (Lipinski definition) is 3. The molecule has 0 radical (unpaired) electrons. The van der Waals surface area contributed by atoms with Crippen LogP contribution in [0.2, 0.25) is 0 Å². The molecule has 1 unspecified atom stereocenters. The lowest BCUT2D eigenvalue weighted by Gasteiger charge is -2.40. The van der Waals surface area contributed by atoms with Crippen molar-refractivity contribution in [2.45, 2.75) is 66.7 Å². The molecule has 1 atom stereocenters. The summed E-state index contributed by atoms with van der Waals surface area (Å²) in [6, 6.07) is 6.45. The van der Waals surface area contributed by atoms with Crippen LogP contribution in [0.4, 0.5) is 11.5 Å². The van der Waals surface area contributed by atoms with Crippen LogP contribution in [0, 0.1) is 10.8 Å². The average Bonchev–Trinajstić information content (AvgIpc) is 3.37. The molecule has 220 valence electrons. The zero-order valence-electron chi connectivity index (χ0n) is 25.4. The van der Waals surface area contributed by atoms with Gasteiger partial charge in [-0.3, -0.25) is 9.69 Å². The molecule has 1 aliphatic rings. The van der Waals surface area contributed by atoms with E-state index in [2.05, 4.69) is 77.9 Å². The number of benzene rings is 1. The Morgan fingerprint density at radius 3 is 2.55 bits per heavy atom. The van der Waals surface area contributed by atoms with E-state index in [1.54, 1.807) is 7.05 Å². The predicted molar refractivity (Wildman–Crippen MR) is 165 cm³/mol.